The Morgan fingerprint density at radius 3 is 2.42 bits per heavy atom. The molecule has 0 fully saturated rings. The van der Waals surface area contributed by atoms with Gasteiger partial charge in [0.1, 0.15) is 12.4 Å². The van der Waals surface area contributed by atoms with Gasteiger partial charge in [-0.15, -0.1) is 0 Å². The summed E-state index contributed by atoms with van der Waals surface area (Å²) in [5, 5.41) is 3.00. The molecule has 1 unspecified atom stereocenters. The van der Waals surface area contributed by atoms with Crippen molar-refractivity contribution < 1.29 is 22.7 Å². The molecular formula is C19H21F3N2O2. The highest BCUT2D eigenvalue weighted by atomic mass is 19.4. The molecule has 0 aromatic heterocycles. The fourth-order valence-corrected chi connectivity index (χ4v) is 2.37. The first-order valence-corrected chi connectivity index (χ1v) is 8.17. The molecule has 0 saturated carbocycles. The normalized spacial score (nSPS) is 12.6. The molecule has 2 aromatic carbocycles. The Hall–Kier alpha value is -2.54. The van der Waals surface area contributed by atoms with Crippen molar-refractivity contribution in [2.45, 2.75) is 32.2 Å². The number of carbonyl (C=O) groups is 1. The molecule has 2 aromatic rings. The number of primary amides is 1. The van der Waals surface area contributed by atoms with Crippen LogP contribution < -0.4 is 15.8 Å². The third-order valence-corrected chi connectivity index (χ3v) is 3.93. The van der Waals surface area contributed by atoms with Gasteiger partial charge in [-0.3, -0.25) is 4.79 Å². The summed E-state index contributed by atoms with van der Waals surface area (Å²) in [6, 6.07) is 12.1. The number of ether oxygens (including phenoxy) is 1. The third kappa shape index (κ3) is 5.77. The van der Waals surface area contributed by atoms with Crippen LogP contribution in [-0.2, 0) is 24.0 Å². The summed E-state index contributed by atoms with van der Waals surface area (Å²) in [6.45, 7) is 2.12. The Labute approximate surface area is 150 Å². The predicted molar refractivity (Wildman–Crippen MR) is 92.6 cm³/mol. The van der Waals surface area contributed by atoms with Crippen molar-refractivity contribution in [1.82, 2.24) is 5.32 Å². The molecule has 2 rings (SSSR count). The van der Waals surface area contributed by atoms with E-state index >= 15 is 0 Å². The minimum Gasteiger partial charge on any atom is -0.489 e. The zero-order valence-corrected chi connectivity index (χ0v) is 14.3. The summed E-state index contributed by atoms with van der Waals surface area (Å²) < 4.78 is 44.4. The first-order valence-electron chi connectivity index (χ1n) is 8.17. The number of hydrogen-bond acceptors (Lipinski definition) is 3. The van der Waals surface area contributed by atoms with Crippen LogP contribution in [0.3, 0.4) is 0 Å². The highest BCUT2D eigenvalue weighted by molar-refractivity contribution is 5.79. The summed E-state index contributed by atoms with van der Waals surface area (Å²) in [5.41, 5.74) is 5.58. The molecule has 0 aliphatic carbocycles. The van der Waals surface area contributed by atoms with Gasteiger partial charge in [0.2, 0.25) is 5.91 Å². The average molecular weight is 366 g/mol. The first kappa shape index (κ1) is 19.8. The fourth-order valence-electron chi connectivity index (χ4n) is 2.37. The molecule has 0 aliphatic rings. The maximum absolute atomic E-state index is 13.0. The Balaban J connectivity index is 1.89. The van der Waals surface area contributed by atoms with Gasteiger partial charge in [-0.25, -0.2) is 0 Å². The van der Waals surface area contributed by atoms with E-state index in [0.29, 0.717) is 18.7 Å². The van der Waals surface area contributed by atoms with Crippen molar-refractivity contribution in [3.8, 4) is 5.75 Å². The van der Waals surface area contributed by atoms with Crippen LogP contribution in [0.1, 0.15) is 23.6 Å². The highest BCUT2D eigenvalue weighted by Gasteiger charge is 2.32. The van der Waals surface area contributed by atoms with Gasteiger partial charge in [-0.05, 0) is 43.7 Å². The van der Waals surface area contributed by atoms with Gasteiger partial charge in [-0.1, -0.05) is 30.3 Å². The van der Waals surface area contributed by atoms with Crippen LogP contribution in [0.2, 0.25) is 0 Å². The lowest BCUT2D eigenvalue weighted by Gasteiger charge is -2.14. The molecule has 1 atom stereocenters. The van der Waals surface area contributed by atoms with E-state index in [2.05, 4.69) is 5.32 Å². The number of halogens is 3. The van der Waals surface area contributed by atoms with E-state index in [0.717, 1.165) is 11.6 Å². The number of carbonyl (C=O) groups excluding carboxylic acids is 1. The van der Waals surface area contributed by atoms with Crippen molar-refractivity contribution in [2.75, 3.05) is 6.54 Å². The molecular weight excluding hydrogens is 345 g/mol. The number of alkyl halides is 3. The molecule has 7 heteroatoms. The summed E-state index contributed by atoms with van der Waals surface area (Å²) in [6.07, 6.45) is -3.71. The van der Waals surface area contributed by atoms with E-state index in [-0.39, 0.29) is 12.2 Å². The topological polar surface area (TPSA) is 64.3 Å². The molecule has 0 aliphatic heterocycles. The lowest BCUT2D eigenvalue weighted by molar-refractivity contribution is -0.138. The molecule has 0 radical (unpaired) electrons. The van der Waals surface area contributed by atoms with Crippen LogP contribution in [0.5, 0.6) is 5.75 Å². The van der Waals surface area contributed by atoms with Crippen LogP contribution in [0.15, 0.2) is 48.5 Å². The Bertz CT molecular complexity index is 730. The molecule has 3 N–H and O–H groups in total. The van der Waals surface area contributed by atoms with Crippen LogP contribution in [-0.4, -0.2) is 18.5 Å². The summed E-state index contributed by atoms with van der Waals surface area (Å²) in [5.74, 6) is 0.0806. The zero-order valence-electron chi connectivity index (χ0n) is 14.3. The number of benzene rings is 2. The van der Waals surface area contributed by atoms with Crippen LogP contribution in [0, 0.1) is 0 Å². The standard InChI is InChI=1S/C19H21F3N2O2/c1-13(18(23)25)24-11-10-14-6-8-16(9-7-14)26-12-15-4-2-3-5-17(15)19(20,21)22/h2-9,13,24H,10-12H2,1H3,(H2,23,25). The van der Waals surface area contributed by atoms with Crippen molar-refractivity contribution >= 4 is 5.91 Å². The maximum atomic E-state index is 13.0. The molecule has 4 nitrogen and oxygen atoms in total. The van der Waals surface area contributed by atoms with Gasteiger partial charge >= 0.3 is 6.18 Å². The quantitative estimate of drug-likeness (QED) is 0.754. The van der Waals surface area contributed by atoms with E-state index < -0.39 is 23.7 Å². The van der Waals surface area contributed by atoms with Gasteiger partial charge < -0.3 is 15.8 Å². The summed E-state index contributed by atoms with van der Waals surface area (Å²) >= 11 is 0. The third-order valence-electron chi connectivity index (χ3n) is 3.93. The average Bonchev–Trinajstić information content (AvgIpc) is 2.60. The number of rotatable bonds is 8. The number of nitrogens with two attached hydrogens (primary N) is 1. The molecule has 0 spiro atoms. The van der Waals surface area contributed by atoms with Crippen molar-refractivity contribution in [3.63, 3.8) is 0 Å². The zero-order chi connectivity index (χ0) is 19.2. The fraction of sp³-hybridized carbons (Fsp3) is 0.316. The number of hydrogen-bond donors (Lipinski definition) is 2. The second-order valence-corrected chi connectivity index (χ2v) is 5.92. The molecule has 0 bridgehead atoms. The minimum absolute atomic E-state index is 0.0914. The monoisotopic (exact) mass is 366 g/mol. The molecule has 0 saturated heterocycles. The second kappa shape index (κ2) is 8.71. The molecule has 1 amide bonds. The highest BCUT2D eigenvalue weighted by Crippen LogP contribution is 2.32. The number of nitrogens with one attached hydrogen (secondary N) is 1. The van der Waals surface area contributed by atoms with Gasteiger partial charge in [0.05, 0.1) is 11.6 Å². The van der Waals surface area contributed by atoms with Crippen LogP contribution in [0.25, 0.3) is 0 Å². The van der Waals surface area contributed by atoms with Crippen molar-refractivity contribution in [2.24, 2.45) is 5.73 Å². The Kier molecular flexibility index (Phi) is 6.63. The second-order valence-electron chi connectivity index (χ2n) is 5.92. The summed E-state index contributed by atoms with van der Waals surface area (Å²) in [7, 11) is 0. The molecule has 0 heterocycles. The van der Waals surface area contributed by atoms with Gasteiger partial charge in [0.25, 0.3) is 0 Å². The van der Waals surface area contributed by atoms with E-state index in [9.17, 15) is 18.0 Å². The maximum Gasteiger partial charge on any atom is 0.416 e. The van der Waals surface area contributed by atoms with Gasteiger partial charge in [0.15, 0.2) is 0 Å². The van der Waals surface area contributed by atoms with E-state index in [4.69, 9.17) is 10.5 Å². The predicted octanol–water partition coefficient (Wildman–Crippen LogP) is 3.29. The smallest absolute Gasteiger partial charge is 0.416 e. The van der Waals surface area contributed by atoms with Gasteiger partial charge in [0, 0.05) is 5.56 Å². The van der Waals surface area contributed by atoms with Gasteiger partial charge in [-0.2, -0.15) is 13.2 Å². The van der Waals surface area contributed by atoms with Crippen LogP contribution in [0.4, 0.5) is 13.2 Å². The van der Waals surface area contributed by atoms with E-state index in [1.165, 1.54) is 12.1 Å². The SMILES string of the molecule is CC(NCCc1ccc(OCc2ccccc2C(F)(F)F)cc1)C(N)=O. The Morgan fingerprint density at radius 2 is 1.81 bits per heavy atom. The van der Waals surface area contributed by atoms with Crippen molar-refractivity contribution in [3.05, 3.63) is 65.2 Å². The van der Waals surface area contributed by atoms with Crippen molar-refractivity contribution in [1.29, 1.82) is 0 Å². The lowest BCUT2D eigenvalue weighted by atomic mass is 10.1. The first-order chi connectivity index (χ1) is 12.3. The lowest BCUT2D eigenvalue weighted by Crippen LogP contribution is -2.39. The largest absolute Gasteiger partial charge is 0.489 e. The molecule has 140 valence electrons. The minimum atomic E-state index is -4.40. The summed E-state index contributed by atoms with van der Waals surface area (Å²) in [4.78, 5) is 10.9. The Morgan fingerprint density at radius 1 is 1.15 bits per heavy atom. The van der Waals surface area contributed by atoms with E-state index in [1.807, 2.05) is 12.1 Å². The van der Waals surface area contributed by atoms with E-state index in [1.54, 1.807) is 25.1 Å². The molecule has 26 heavy (non-hydrogen) atoms. The van der Waals surface area contributed by atoms with Crippen LogP contribution >= 0.6 is 0 Å². The number of amides is 1.